The molecular formula is C29H42O4. The molecular weight excluding hydrogens is 412 g/mol. The minimum Gasteiger partial charge on any atom is -0.435 e. The Kier molecular flexibility index (Phi) is 5.91. The predicted molar refractivity (Wildman–Crippen MR) is 128 cm³/mol. The first-order chi connectivity index (χ1) is 15.7. The summed E-state index contributed by atoms with van der Waals surface area (Å²) >= 11 is 0. The van der Waals surface area contributed by atoms with Crippen molar-refractivity contribution in [3.63, 3.8) is 0 Å². The largest absolute Gasteiger partial charge is 0.435 e. The molecule has 4 fully saturated rings. The van der Waals surface area contributed by atoms with Gasteiger partial charge in [-0.05, 0) is 99.0 Å². The van der Waals surface area contributed by atoms with Gasteiger partial charge in [-0.3, -0.25) is 9.59 Å². The first-order valence-electron chi connectivity index (χ1n) is 13.4. The van der Waals surface area contributed by atoms with E-state index in [0.717, 1.165) is 38.5 Å². The molecule has 5 aliphatic rings. The van der Waals surface area contributed by atoms with Crippen LogP contribution in [0, 0.1) is 46.3 Å². The van der Waals surface area contributed by atoms with Gasteiger partial charge in [-0.25, -0.2) is 0 Å². The van der Waals surface area contributed by atoms with Crippen LogP contribution in [0.15, 0.2) is 23.8 Å². The highest BCUT2D eigenvalue weighted by Crippen LogP contribution is 2.70. The predicted octanol–water partition coefficient (Wildman–Crippen LogP) is 6.25. The standard InChI is InChI=1S/C29H42O4/c1-17(2)6-11-26-18(3)23-9-10-25-22-8-7-20-16-21(31)12-14-28(20,5)24(22)13-15-29(23,25)27(33-26)32-19(4)30/h12,14,16-18,22-27H,6-11,13,15H2,1-5H3/t18-,22+,23+,24-,25-,26+,27+,28-,29-/m0/s1. The zero-order chi connectivity index (χ0) is 23.5. The maximum atomic E-state index is 12.2. The van der Waals surface area contributed by atoms with Gasteiger partial charge in [-0.2, -0.15) is 0 Å². The molecule has 33 heavy (non-hydrogen) atoms. The number of allylic oxidation sites excluding steroid dienone is 4. The summed E-state index contributed by atoms with van der Waals surface area (Å²) in [5.74, 6) is 3.33. The smallest absolute Gasteiger partial charge is 0.304 e. The molecule has 5 rings (SSSR count). The van der Waals surface area contributed by atoms with Gasteiger partial charge in [0, 0.05) is 17.8 Å². The van der Waals surface area contributed by atoms with E-state index in [-0.39, 0.29) is 28.7 Å². The average molecular weight is 455 g/mol. The van der Waals surface area contributed by atoms with Gasteiger partial charge >= 0.3 is 5.97 Å². The van der Waals surface area contributed by atoms with Crippen molar-refractivity contribution in [3.8, 4) is 0 Å². The van der Waals surface area contributed by atoms with Crippen LogP contribution in [-0.4, -0.2) is 24.1 Å². The quantitative estimate of drug-likeness (QED) is 0.471. The molecule has 0 amide bonds. The van der Waals surface area contributed by atoms with E-state index in [1.807, 2.05) is 6.08 Å². The van der Waals surface area contributed by atoms with Crippen molar-refractivity contribution in [1.82, 2.24) is 0 Å². The van der Waals surface area contributed by atoms with Gasteiger partial charge in [0.1, 0.15) is 0 Å². The van der Waals surface area contributed by atoms with E-state index in [0.29, 0.717) is 35.5 Å². The number of hydrogen-bond acceptors (Lipinski definition) is 4. The Morgan fingerprint density at radius 3 is 2.67 bits per heavy atom. The molecule has 0 aromatic heterocycles. The number of rotatable bonds is 4. The molecule has 1 spiro atoms. The van der Waals surface area contributed by atoms with Crippen molar-refractivity contribution in [3.05, 3.63) is 23.8 Å². The highest BCUT2D eigenvalue weighted by molar-refractivity contribution is 6.01. The van der Waals surface area contributed by atoms with Gasteiger partial charge in [0.2, 0.25) is 6.29 Å². The third-order valence-electron chi connectivity index (χ3n) is 10.5. The Morgan fingerprint density at radius 1 is 1.18 bits per heavy atom. The summed E-state index contributed by atoms with van der Waals surface area (Å²) in [5.41, 5.74) is 1.28. The van der Waals surface area contributed by atoms with E-state index in [1.54, 1.807) is 6.08 Å². The second-order valence-electron chi connectivity index (χ2n) is 12.4. The van der Waals surface area contributed by atoms with Gasteiger partial charge < -0.3 is 9.47 Å². The van der Waals surface area contributed by atoms with Gasteiger partial charge in [0.25, 0.3) is 0 Å². The molecule has 9 atom stereocenters. The lowest BCUT2D eigenvalue weighted by Gasteiger charge is -2.61. The fraction of sp³-hybridized carbons (Fsp3) is 0.793. The maximum Gasteiger partial charge on any atom is 0.304 e. The Morgan fingerprint density at radius 2 is 1.94 bits per heavy atom. The SMILES string of the molecule is CC(=O)O[C@@H]1O[C@H](CCC(C)C)[C@@H](C)[C@H]2CC[C@H]3[C@@H]4CCC5=CC(=O)C=C[C@]5(C)[C@H]4CC[C@]123. The van der Waals surface area contributed by atoms with E-state index < -0.39 is 6.29 Å². The van der Waals surface area contributed by atoms with E-state index in [2.05, 4.69) is 33.8 Å². The molecule has 4 nitrogen and oxygen atoms in total. The summed E-state index contributed by atoms with van der Waals surface area (Å²) in [6.45, 7) is 10.8. The Labute approximate surface area is 199 Å². The van der Waals surface area contributed by atoms with Crippen LogP contribution in [0.4, 0.5) is 0 Å². The van der Waals surface area contributed by atoms with Crippen molar-refractivity contribution in [1.29, 1.82) is 0 Å². The first kappa shape index (κ1) is 23.3. The van der Waals surface area contributed by atoms with Crippen LogP contribution in [0.25, 0.3) is 0 Å². The summed E-state index contributed by atoms with van der Waals surface area (Å²) in [6.07, 6.45) is 14.6. The molecule has 0 bridgehead atoms. The van der Waals surface area contributed by atoms with Crippen LogP contribution in [0.2, 0.25) is 0 Å². The fourth-order valence-corrected chi connectivity index (χ4v) is 8.97. The van der Waals surface area contributed by atoms with Crippen LogP contribution >= 0.6 is 0 Å². The second kappa shape index (κ2) is 8.36. The fourth-order valence-electron chi connectivity index (χ4n) is 8.97. The zero-order valence-electron chi connectivity index (χ0n) is 21.1. The van der Waals surface area contributed by atoms with Crippen LogP contribution in [0.1, 0.15) is 86.0 Å². The second-order valence-corrected chi connectivity index (χ2v) is 12.4. The molecule has 0 aromatic rings. The molecule has 0 unspecified atom stereocenters. The van der Waals surface area contributed by atoms with Crippen molar-refractivity contribution in [2.75, 3.05) is 0 Å². The van der Waals surface area contributed by atoms with E-state index in [4.69, 9.17) is 9.47 Å². The summed E-state index contributed by atoms with van der Waals surface area (Å²) in [4.78, 5) is 24.3. The summed E-state index contributed by atoms with van der Waals surface area (Å²) in [5, 5.41) is 0. The normalized spacial score (nSPS) is 46.2. The third-order valence-corrected chi connectivity index (χ3v) is 10.5. The number of esters is 1. The Bertz CT molecular complexity index is 871. The van der Waals surface area contributed by atoms with Crippen molar-refractivity contribution in [2.24, 2.45) is 46.3 Å². The van der Waals surface area contributed by atoms with Crippen molar-refractivity contribution in [2.45, 2.75) is 98.4 Å². The monoisotopic (exact) mass is 454 g/mol. The van der Waals surface area contributed by atoms with Crippen LogP contribution in [0.3, 0.4) is 0 Å². The highest BCUT2D eigenvalue weighted by atomic mass is 16.7. The molecule has 3 saturated carbocycles. The van der Waals surface area contributed by atoms with Crippen molar-refractivity contribution < 1.29 is 19.1 Å². The number of ketones is 1. The average Bonchev–Trinajstić information content (AvgIpc) is 3.16. The molecule has 0 aromatic carbocycles. The number of fused-ring (bicyclic) bond motifs is 4. The highest BCUT2D eigenvalue weighted by Gasteiger charge is 2.67. The van der Waals surface area contributed by atoms with Gasteiger partial charge in [-0.15, -0.1) is 0 Å². The lowest BCUT2D eigenvalue weighted by Crippen LogP contribution is -2.61. The third kappa shape index (κ3) is 3.58. The number of ether oxygens (including phenoxy) is 2. The topological polar surface area (TPSA) is 52.6 Å². The molecule has 4 heteroatoms. The lowest BCUT2D eigenvalue weighted by atomic mass is 9.46. The van der Waals surface area contributed by atoms with E-state index in [9.17, 15) is 9.59 Å². The molecule has 4 aliphatic carbocycles. The minimum atomic E-state index is -0.407. The van der Waals surface area contributed by atoms with E-state index >= 15 is 0 Å². The lowest BCUT2D eigenvalue weighted by molar-refractivity contribution is -0.300. The van der Waals surface area contributed by atoms with Crippen LogP contribution in [-0.2, 0) is 19.1 Å². The first-order valence-corrected chi connectivity index (χ1v) is 13.4. The van der Waals surface area contributed by atoms with Crippen LogP contribution < -0.4 is 0 Å². The van der Waals surface area contributed by atoms with Crippen LogP contribution in [0.5, 0.6) is 0 Å². The molecule has 182 valence electrons. The Hall–Kier alpha value is -1.42. The molecule has 0 N–H and O–H groups in total. The van der Waals surface area contributed by atoms with E-state index in [1.165, 1.54) is 25.3 Å². The zero-order valence-corrected chi connectivity index (χ0v) is 21.1. The maximum absolute atomic E-state index is 12.2. The summed E-state index contributed by atoms with van der Waals surface area (Å²) in [7, 11) is 0. The molecule has 0 radical (unpaired) electrons. The van der Waals surface area contributed by atoms with Crippen molar-refractivity contribution >= 4 is 11.8 Å². The van der Waals surface area contributed by atoms with Gasteiger partial charge in [0.15, 0.2) is 5.78 Å². The molecule has 1 aliphatic heterocycles. The Balaban J connectivity index is 1.47. The van der Waals surface area contributed by atoms with Gasteiger partial charge in [0.05, 0.1) is 6.10 Å². The minimum absolute atomic E-state index is 0.00556. The molecule has 1 heterocycles. The van der Waals surface area contributed by atoms with Gasteiger partial charge in [-0.1, -0.05) is 39.3 Å². The summed E-state index contributed by atoms with van der Waals surface area (Å²) in [6, 6.07) is 0. The summed E-state index contributed by atoms with van der Waals surface area (Å²) < 4.78 is 12.8. The number of carbonyl (C=O) groups excluding carboxylic acids is 2. The number of hydrogen-bond donors (Lipinski definition) is 0. The molecule has 1 saturated heterocycles. The number of carbonyl (C=O) groups is 2.